The molecule has 3 rings (SSSR count). The number of para-hydroxylation sites is 1. The van der Waals surface area contributed by atoms with Crippen molar-refractivity contribution in [3.63, 3.8) is 0 Å². The number of nitrogens with zero attached hydrogens (tertiary/aromatic N) is 1. The van der Waals surface area contributed by atoms with Crippen molar-refractivity contribution >= 4 is 26.6 Å². The average Bonchev–Trinajstić information content (AvgIpc) is 2.98. The molecule has 3 aromatic rings. The van der Waals surface area contributed by atoms with Gasteiger partial charge in [0.2, 0.25) is 10.0 Å². The van der Waals surface area contributed by atoms with Gasteiger partial charge in [0.15, 0.2) is 0 Å². The molecule has 0 aliphatic rings. The number of nitrogens with one attached hydrogen (secondary N) is 2. The lowest BCUT2D eigenvalue weighted by molar-refractivity contribution is -0.385. The smallest absolute Gasteiger partial charge is 0.273 e. The number of rotatable bonds is 6. The first-order valence-electron chi connectivity index (χ1n) is 7.68. The monoisotopic (exact) mass is 359 g/mol. The van der Waals surface area contributed by atoms with Crippen molar-refractivity contribution in [1.82, 2.24) is 9.71 Å². The van der Waals surface area contributed by atoms with Crippen molar-refractivity contribution in [3.05, 3.63) is 69.9 Å². The minimum Gasteiger partial charge on any atom is -0.361 e. The van der Waals surface area contributed by atoms with Gasteiger partial charge in [-0.2, -0.15) is 0 Å². The van der Waals surface area contributed by atoms with E-state index in [1.54, 1.807) is 6.92 Å². The maximum Gasteiger partial charge on any atom is 0.273 e. The van der Waals surface area contributed by atoms with Crippen LogP contribution in [-0.2, 0) is 16.4 Å². The molecule has 0 aliphatic carbocycles. The van der Waals surface area contributed by atoms with E-state index >= 15 is 0 Å². The summed E-state index contributed by atoms with van der Waals surface area (Å²) < 4.78 is 27.2. The Labute approximate surface area is 144 Å². The van der Waals surface area contributed by atoms with E-state index in [0.717, 1.165) is 22.5 Å². The number of sulfonamides is 1. The largest absolute Gasteiger partial charge is 0.361 e. The molecule has 0 spiro atoms. The Morgan fingerprint density at radius 2 is 1.96 bits per heavy atom. The summed E-state index contributed by atoms with van der Waals surface area (Å²) in [5.74, 6) is 0. The number of nitro benzene ring substituents is 1. The highest BCUT2D eigenvalue weighted by Gasteiger charge is 2.19. The van der Waals surface area contributed by atoms with Gasteiger partial charge in [-0.25, -0.2) is 13.1 Å². The third-order valence-corrected chi connectivity index (χ3v) is 5.51. The van der Waals surface area contributed by atoms with Crippen LogP contribution in [0.2, 0.25) is 0 Å². The molecule has 2 N–H and O–H groups in total. The highest BCUT2D eigenvalue weighted by Crippen LogP contribution is 2.22. The number of nitro groups is 1. The standard InChI is InChI=1S/C17H17N3O4S/c1-12-6-7-14(10-17(12)20(21)22)25(23,24)19-9-8-13-11-18-16-5-3-2-4-15(13)16/h2-7,10-11,18-19H,8-9H2,1H3. The number of fused-ring (bicyclic) bond motifs is 1. The van der Waals surface area contributed by atoms with Gasteiger partial charge < -0.3 is 4.98 Å². The fourth-order valence-electron chi connectivity index (χ4n) is 2.69. The second kappa shape index (κ2) is 6.66. The van der Waals surface area contributed by atoms with Crippen LogP contribution in [0.1, 0.15) is 11.1 Å². The lowest BCUT2D eigenvalue weighted by Gasteiger charge is -2.07. The van der Waals surface area contributed by atoms with E-state index in [4.69, 9.17) is 0 Å². The fraction of sp³-hybridized carbons (Fsp3) is 0.176. The Hall–Kier alpha value is -2.71. The van der Waals surface area contributed by atoms with Gasteiger partial charge in [-0.05, 0) is 31.0 Å². The summed E-state index contributed by atoms with van der Waals surface area (Å²) in [6.07, 6.45) is 2.37. The minimum atomic E-state index is -3.80. The zero-order valence-corrected chi connectivity index (χ0v) is 14.3. The van der Waals surface area contributed by atoms with Crippen molar-refractivity contribution in [3.8, 4) is 0 Å². The third kappa shape index (κ3) is 3.54. The molecule has 0 fully saturated rings. The average molecular weight is 359 g/mol. The summed E-state index contributed by atoms with van der Waals surface area (Å²) in [4.78, 5) is 13.4. The molecule has 1 heterocycles. The molecule has 130 valence electrons. The predicted octanol–water partition coefficient (Wildman–Crippen LogP) is 2.91. The first-order valence-corrected chi connectivity index (χ1v) is 9.16. The van der Waals surface area contributed by atoms with Crippen LogP contribution in [0, 0.1) is 17.0 Å². The van der Waals surface area contributed by atoms with Crippen LogP contribution >= 0.6 is 0 Å². The van der Waals surface area contributed by atoms with Crippen LogP contribution in [0.5, 0.6) is 0 Å². The third-order valence-electron chi connectivity index (χ3n) is 4.05. The molecule has 0 aliphatic heterocycles. The van der Waals surface area contributed by atoms with Crippen LogP contribution in [0.25, 0.3) is 10.9 Å². The van der Waals surface area contributed by atoms with Crippen molar-refractivity contribution < 1.29 is 13.3 Å². The van der Waals surface area contributed by atoms with E-state index in [0.29, 0.717) is 12.0 Å². The number of aromatic amines is 1. The Kier molecular flexibility index (Phi) is 4.56. The molecule has 2 aromatic carbocycles. The summed E-state index contributed by atoms with van der Waals surface area (Å²) in [6, 6.07) is 11.7. The Morgan fingerprint density at radius 1 is 1.20 bits per heavy atom. The number of aromatic nitrogens is 1. The van der Waals surface area contributed by atoms with Crippen molar-refractivity contribution in [2.24, 2.45) is 0 Å². The molecule has 0 saturated carbocycles. The topological polar surface area (TPSA) is 105 Å². The first kappa shape index (κ1) is 17.1. The van der Waals surface area contributed by atoms with Gasteiger partial charge in [-0.15, -0.1) is 0 Å². The number of benzene rings is 2. The molecular formula is C17H17N3O4S. The fourth-order valence-corrected chi connectivity index (χ4v) is 3.75. The van der Waals surface area contributed by atoms with Gasteiger partial charge in [0.1, 0.15) is 0 Å². The Morgan fingerprint density at radius 3 is 2.72 bits per heavy atom. The van der Waals surface area contributed by atoms with Gasteiger partial charge in [-0.3, -0.25) is 10.1 Å². The second-order valence-electron chi connectivity index (χ2n) is 5.71. The summed E-state index contributed by atoms with van der Waals surface area (Å²) in [5.41, 5.74) is 2.21. The van der Waals surface area contributed by atoms with E-state index in [9.17, 15) is 18.5 Å². The Bertz CT molecular complexity index is 1040. The van der Waals surface area contributed by atoms with E-state index in [1.165, 1.54) is 12.1 Å². The zero-order valence-electron chi connectivity index (χ0n) is 13.5. The molecule has 0 unspecified atom stereocenters. The number of H-pyrrole nitrogens is 1. The summed E-state index contributed by atoms with van der Waals surface area (Å²) in [5, 5.41) is 12.0. The van der Waals surface area contributed by atoms with Crippen LogP contribution in [0.4, 0.5) is 5.69 Å². The number of aryl methyl sites for hydroxylation is 1. The van der Waals surface area contributed by atoms with Crippen molar-refractivity contribution in [2.75, 3.05) is 6.54 Å². The van der Waals surface area contributed by atoms with E-state index in [-0.39, 0.29) is 17.1 Å². The SMILES string of the molecule is Cc1ccc(S(=O)(=O)NCCc2c[nH]c3ccccc23)cc1[N+](=O)[O-]. The van der Waals surface area contributed by atoms with E-state index in [2.05, 4.69) is 9.71 Å². The molecule has 7 nitrogen and oxygen atoms in total. The molecule has 0 saturated heterocycles. The van der Waals surface area contributed by atoms with Crippen molar-refractivity contribution in [1.29, 1.82) is 0 Å². The Balaban J connectivity index is 1.74. The lowest BCUT2D eigenvalue weighted by Crippen LogP contribution is -2.26. The van der Waals surface area contributed by atoms with Gasteiger partial charge in [-0.1, -0.05) is 24.3 Å². The molecule has 1 aromatic heterocycles. The lowest BCUT2D eigenvalue weighted by atomic mass is 10.1. The molecule has 0 radical (unpaired) electrons. The van der Waals surface area contributed by atoms with E-state index < -0.39 is 14.9 Å². The predicted molar refractivity (Wildman–Crippen MR) is 95.0 cm³/mol. The van der Waals surface area contributed by atoms with Crippen LogP contribution in [-0.4, -0.2) is 24.9 Å². The van der Waals surface area contributed by atoms with Crippen LogP contribution in [0.15, 0.2) is 53.6 Å². The quantitative estimate of drug-likeness (QED) is 0.521. The maximum absolute atomic E-state index is 12.4. The van der Waals surface area contributed by atoms with Gasteiger partial charge in [0, 0.05) is 35.3 Å². The molecule has 8 heteroatoms. The zero-order chi connectivity index (χ0) is 18.0. The highest BCUT2D eigenvalue weighted by molar-refractivity contribution is 7.89. The number of hydrogen-bond donors (Lipinski definition) is 2. The highest BCUT2D eigenvalue weighted by atomic mass is 32.2. The molecule has 0 bridgehead atoms. The van der Waals surface area contributed by atoms with E-state index in [1.807, 2.05) is 30.5 Å². The van der Waals surface area contributed by atoms with Gasteiger partial charge in [0.25, 0.3) is 5.69 Å². The maximum atomic E-state index is 12.4. The normalized spacial score (nSPS) is 11.7. The van der Waals surface area contributed by atoms with Gasteiger partial charge >= 0.3 is 0 Å². The first-order chi connectivity index (χ1) is 11.9. The van der Waals surface area contributed by atoms with Crippen LogP contribution in [0.3, 0.4) is 0 Å². The van der Waals surface area contributed by atoms with Crippen molar-refractivity contribution in [2.45, 2.75) is 18.2 Å². The summed E-state index contributed by atoms with van der Waals surface area (Å²) in [7, 11) is -3.80. The molecular weight excluding hydrogens is 342 g/mol. The summed E-state index contributed by atoms with van der Waals surface area (Å²) >= 11 is 0. The molecule has 0 amide bonds. The summed E-state index contributed by atoms with van der Waals surface area (Å²) in [6.45, 7) is 1.77. The minimum absolute atomic E-state index is 0.108. The second-order valence-corrected chi connectivity index (χ2v) is 7.48. The molecule has 0 atom stereocenters. The number of hydrogen-bond acceptors (Lipinski definition) is 4. The van der Waals surface area contributed by atoms with Gasteiger partial charge in [0.05, 0.1) is 9.82 Å². The van der Waals surface area contributed by atoms with Crippen LogP contribution < -0.4 is 4.72 Å². The molecule has 25 heavy (non-hydrogen) atoms.